The lowest BCUT2D eigenvalue weighted by Gasteiger charge is -2.24. The second-order valence-electron chi connectivity index (χ2n) is 4.84. The van der Waals surface area contributed by atoms with Gasteiger partial charge in [0.15, 0.2) is 0 Å². The minimum atomic E-state index is -1.34. The fraction of sp³-hybridized carbons (Fsp3) is 0.417. The van der Waals surface area contributed by atoms with Crippen molar-refractivity contribution in [2.24, 2.45) is 0 Å². The fourth-order valence-electron chi connectivity index (χ4n) is 1.18. The van der Waals surface area contributed by atoms with Crippen molar-refractivity contribution in [3.05, 3.63) is 29.3 Å². The number of aromatic carboxylic acids is 1. The number of nitrogens with one attached hydrogen (secondary N) is 1. The Morgan fingerprint density at radius 3 is 2.47 bits per heavy atom. The third-order valence-electron chi connectivity index (χ3n) is 2.16. The molecular weight excluding hydrogens is 238 g/mol. The summed E-state index contributed by atoms with van der Waals surface area (Å²) in [5, 5.41) is 9.03. The standard InChI is InChI=1S/C12H17NO3S/c1-8-5-6-9(11(14)15)10(7-8)13-17(16)12(2,3)4/h5-7,13H,1-4H3,(H,14,15). The van der Waals surface area contributed by atoms with Crippen molar-refractivity contribution >= 4 is 23.0 Å². The van der Waals surface area contributed by atoms with E-state index in [4.69, 9.17) is 5.11 Å². The van der Waals surface area contributed by atoms with Gasteiger partial charge < -0.3 is 9.66 Å². The lowest BCUT2D eigenvalue weighted by molar-refractivity contribution is 0.0698. The van der Waals surface area contributed by atoms with Crippen LogP contribution in [0.2, 0.25) is 0 Å². The first-order valence-electron chi connectivity index (χ1n) is 5.24. The number of anilines is 1. The van der Waals surface area contributed by atoms with Crippen LogP contribution in [0.3, 0.4) is 0 Å². The van der Waals surface area contributed by atoms with Gasteiger partial charge >= 0.3 is 5.97 Å². The van der Waals surface area contributed by atoms with Crippen LogP contribution in [0, 0.1) is 6.92 Å². The van der Waals surface area contributed by atoms with Crippen LogP contribution >= 0.6 is 0 Å². The molecule has 0 aliphatic carbocycles. The minimum Gasteiger partial charge on any atom is -0.593 e. The quantitative estimate of drug-likeness (QED) is 0.814. The second kappa shape index (κ2) is 4.98. The summed E-state index contributed by atoms with van der Waals surface area (Å²) in [6.45, 7) is 7.34. The number of carbonyl (C=O) groups is 1. The molecule has 5 heteroatoms. The Morgan fingerprint density at radius 1 is 1.41 bits per heavy atom. The number of rotatable bonds is 3. The summed E-state index contributed by atoms with van der Waals surface area (Å²) in [6.07, 6.45) is 0. The molecule has 0 saturated heterocycles. The Balaban J connectivity index is 3.04. The first kappa shape index (κ1) is 13.9. The van der Waals surface area contributed by atoms with E-state index in [1.54, 1.807) is 12.1 Å². The average molecular weight is 255 g/mol. The molecule has 17 heavy (non-hydrogen) atoms. The van der Waals surface area contributed by atoms with Crippen molar-refractivity contribution in [3.8, 4) is 0 Å². The highest BCUT2D eigenvalue weighted by Crippen LogP contribution is 2.23. The molecule has 1 rings (SSSR count). The predicted molar refractivity (Wildman–Crippen MR) is 69.7 cm³/mol. The van der Waals surface area contributed by atoms with Crippen LogP contribution in [0.4, 0.5) is 5.69 Å². The summed E-state index contributed by atoms with van der Waals surface area (Å²) in [4.78, 5) is 11.0. The average Bonchev–Trinajstić information content (AvgIpc) is 2.15. The number of benzene rings is 1. The fourth-order valence-corrected chi connectivity index (χ4v) is 1.86. The summed E-state index contributed by atoms with van der Waals surface area (Å²) in [5.41, 5.74) is 1.45. The minimum absolute atomic E-state index is 0.133. The molecule has 1 unspecified atom stereocenters. The van der Waals surface area contributed by atoms with E-state index in [-0.39, 0.29) is 5.56 Å². The molecule has 1 atom stereocenters. The van der Waals surface area contributed by atoms with Crippen molar-refractivity contribution in [3.63, 3.8) is 0 Å². The summed E-state index contributed by atoms with van der Waals surface area (Å²) in [5.74, 6) is -1.03. The first-order chi connectivity index (χ1) is 7.71. The van der Waals surface area contributed by atoms with Crippen LogP contribution in [0.5, 0.6) is 0 Å². The van der Waals surface area contributed by atoms with Gasteiger partial charge in [0.05, 0.1) is 22.6 Å². The number of hydrogen-bond donors (Lipinski definition) is 2. The SMILES string of the molecule is Cc1ccc(C(=O)O)c(N[S+]([O-])C(C)(C)C)c1. The summed E-state index contributed by atoms with van der Waals surface area (Å²) < 4.78 is 14.2. The zero-order valence-electron chi connectivity index (χ0n) is 10.4. The summed E-state index contributed by atoms with van der Waals surface area (Å²) in [7, 11) is 0. The molecule has 0 fully saturated rings. The topological polar surface area (TPSA) is 72.4 Å². The monoisotopic (exact) mass is 255 g/mol. The van der Waals surface area contributed by atoms with E-state index in [9.17, 15) is 9.35 Å². The van der Waals surface area contributed by atoms with Crippen molar-refractivity contribution in [1.82, 2.24) is 0 Å². The Kier molecular flexibility index (Phi) is 4.06. The van der Waals surface area contributed by atoms with Crippen LogP contribution in [0.15, 0.2) is 18.2 Å². The van der Waals surface area contributed by atoms with E-state index in [2.05, 4.69) is 4.72 Å². The highest BCUT2D eigenvalue weighted by molar-refractivity contribution is 7.94. The Hall–Kier alpha value is -1.20. The van der Waals surface area contributed by atoms with Crippen LogP contribution in [0.1, 0.15) is 36.7 Å². The lowest BCUT2D eigenvalue weighted by Crippen LogP contribution is -2.34. The van der Waals surface area contributed by atoms with Gasteiger partial charge in [-0.1, -0.05) is 6.07 Å². The Labute approximate surface area is 104 Å². The predicted octanol–water partition coefficient (Wildman–Crippen LogP) is 2.57. The molecule has 0 aliphatic rings. The Morgan fingerprint density at radius 2 is 2.00 bits per heavy atom. The molecule has 4 nitrogen and oxygen atoms in total. The number of carboxylic acids is 1. The molecule has 0 spiro atoms. The van der Waals surface area contributed by atoms with Crippen LogP contribution in [-0.2, 0) is 11.4 Å². The lowest BCUT2D eigenvalue weighted by atomic mass is 10.1. The maximum absolute atomic E-state index is 11.9. The van der Waals surface area contributed by atoms with E-state index in [1.807, 2.05) is 27.7 Å². The Bertz CT molecular complexity index is 426. The van der Waals surface area contributed by atoms with Crippen molar-refractivity contribution in [2.75, 3.05) is 4.72 Å². The molecule has 0 heterocycles. The highest BCUT2D eigenvalue weighted by Gasteiger charge is 2.28. The van der Waals surface area contributed by atoms with Gasteiger partial charge in [0, 0.05) is 0 Å². The van der Waals surface area contributed by atoms with Gasteiger partial charge in [-0.05, 0) is 45.4 Å². The van der Waals surface area contributed by atoms with Crippen LogP contribution in [0.25, 0.3) is 0 Å². The van der Waals surface area contributed by atoms with Gasteiger partial charge in [-0.15, -0.1) is 0 Å². The number of aryl methyl sites for hydroxylation is 1. The van der Waals surface area contributed by atoms with Gasteiger partial charge in [-0.2, -0.15) is 0 Å². The van der Waals surface area contributed by atoms with Crippen LogP contribution in [-0.4, -0.2) is 20.4 Å². The maximum atomic E-state index is 11.9. The van der Waals surface area contributed by atoms with Gasteiger partial charge in [0.25, 0.3) is 0 Å². The highest BCUT2D eigenvalue weighted by atomic mass is 32.2. The molecule has 2 N–H and O–H groups in total. The maximum Gasteiger partial charge on any atom is 0.337 e. The largest absolute Gasteiger partial charge is 0.593 e. The summed E-state index contributed by atoms with van der Waals surface area (Å²) in [6, 6.07) is 4.92. The van der Waals surface area contributed by atoms with E-state index >= 15 is 0 Å². The first-order valence-corrected chi connectivity index (χ1v) is 6.39. The molecule has 94 valence electrons. The molecule has 0 radical (unpaired) electrons. The molecule has 0 saturated carbocycles. The zero-order chi connectivity index (χ0) is 13.2. The van der Waals surface area contributed by atoms with Crippen molar-refractivity contribution < 1.29 is 14.5 Å². The smallest absolute Gasteiger partial charge is 0.337 e. The molecule has 0 aromatic heterocycles. The van der Waals surface area contributed by atoms with Gasteiger partial charge in [0.2, 0.25) is 0 Å². The van der Waals surface area contributed by atoms with Gasteiger partial charge in [0.1, 0.15) is 4.75 Å². The van der Waals surface area contributed by atoms with Gasteiger partial charge in [-0.25, -0.2) is 9.52 Å². The summed E-state index contributed by atoms with van der Waals surface area (Å²) >= 11 is -1.34. The second-order valence-corrected chi connectivity index (χ2v) is 6.80. The normalized spacial score (nSPS) is 13.2. The molecule has 0 aliphatic heterocycles. The molecule has 0 amide bonds. The molecular formula is C12H17NO3S. The van der Waals surface area contributed by atoms with Crippen molar-refractivity contribution in [1.29, 1.82) is 0 Å². The molecule has 1 aromatic rings. The van der Waals surface area contributed by atoms with E-state index in [1.165, 1.54) is 6.07 Å². The van der Waals surface area contributed by atoms with E-state index in [0.29, 0.717) is 5.69 Å². The van der Waals surface area contributed by atoms with Gasteiger partial charge in [-0.3, -0.25) is 0 Å². The third kappa shape index (κ3) is 3.64. The van der Waals surface area contributed by atoms with Crippen molar-refractivity contribution in [2.45, 2.75) is 32.4 Å². The number of hydrogen-bond acceptors (Lipinski definition) is 3. The van der Waals surface area contributed by atoms with E-state index in [0.717, 1.165) is 5.56 Å². The molecule has 0 bridgehead atoms. The third-order valence-corrected chi connectivity index (χ3v) is 3.68. The zero-order valence-corrected chi connectivity index (χ0v) is 11.2. The van der Waals surface area contributed by atoms with E-state index < -0.39 is 22.1 Å². The number of carboxylic acid groups (broad SMARTS) is 1. The molecule has 1 aromatic carbocycles. The van der Waals surface area contributed by atoms with Crippen LogP contribution < -0.4 is 4.72 Å².